The number of halogens is 3. The molecule has 0 bridgehead atoms. The van der Waals surface area contributed by atoms with E-state index in [-0.39, 0.29) is 12.0 Å². The first-order valence-corrected chi connectivity index (χ1v) is 8.44. The maximum Gasteiger partial charge on any atom is 0.337 e. The highest BCUT2D eigenvalue weighted by Gasteiger charge is 2.32. The van der Waals surface area contributed by atoms with Gasteiger partial charge in [0.05, 0.1) is 0 Å². The maximum atomic E-state index is 13.4. The van der Waals surface area contributed by atoms with E-state index in [4.69, 9.17) is 8.85 Å². The van der Waals surface area contributed by atoms with Gasteiger partial charge in [0.15, 0.2) is 0 Å². The van der Waals surface area contributed by atoms with Crippen molar-refractivity contribution in [3.05, 3.63) is 35.1 Å². The molecule has 2 nitrogen and oxygen atoms in total. The lowest BCUT2D eigenvalue weighted by atomic mass is 10.1. The van der Waals surface area contributed by atoms with Gasteiger partial charge in [-0.05, 0) is 24.9 Å². The van der Waals surface area contributed by atoms with Crippen molar-refractivity contribution >= 4 is 8.56 Å². The van der Waals surface area contributed by atoms with Crippen molar-refractivity contribution in [3.63, 3.8) is 0 Å². The second-order valence-electron chi connectivity index (χ2n) is 4.37. The molecular weight excluding hydrogens is 273 g/mol. The molecule has 0 aliphatic rings. The average molecular weight is 292 g/mol. The molecule has 19 heavy (non-hydrogen) atoms. The summed E-state index contributed by atoms with van der Waals surface area (Å²) in [7, 11) is 0.955. The molecule has 0 aromatic heterocycles. The molecule has 1 aromatic carbocycles. The Hall–Kier alpha value is -0.853. The zero-order valence-electron chi connectivity index (χ0n) is 11.4. The Morgan fingerprint density at radius 1 is 1.05 bits per heavy atom. The van der Waals surface area contributed by atoms with Crippen LogP contribution in [-0.4, -0.2) is 22.8 Å². The van der Waals surface area contributed by atoms with Crippen LogP contribution >= 0.6 is 0 Å². The minimum absolute atomic E-state index is 0.0763. The van der Waals surface area contributed by atoms with Crippen LogP contribution in [0.3, 0.4) is 0 Å². The van der Waals surface area contributed by atoms with Crippen molar-refractivity contribution in [2.24, 2.45) is 0 Å². The van der Waals surface area contributed by atoms with E-state index in [1.54, 1.807) is 14.2 Å². The molecule has 0 heterocycles. The van der Waals surface area contributed by atoms with Crippen LogP contribution in [0, 0.1) is 17.5 Å². The third-order valence-electron chi connectivity index (χ3n) is 3.37. The van der Waals surface area contributed by atoms with Crippen molar-refractivity contribution in [3.8, 4) is 0 Å². The summed E-state index contributed by atoms with van der Waals surface area (Å²) in [5, 5.41) is 0. The third-order valence-corrected chi connectivity index (χ3v) is 7.05. The van der Waals surface area contributed by atoms with Crippen LogP contribution in [0.5, 0.6) is 0 Å². The first-order chi connectivity index (χ1) is 8.98. The van der Waals surface area contributed by atoms with E-state index in [2.05, 4.69) is 0 Å². The Morgan fingerprint density at radius 3 is 2.00 bits per heavy atom. The standard InChI is InChI=1S/C13H19F3O2Si/c1-4-19(17-2,18-3)7-5-6-11-12(15)8-10(14)9-13(11)16/h8-9H,4-7H2,1-3H3. The van der Waals surface area contributed by atoms with Crippen molar-refractivity contribution < 1.29 is 22.0 Å². The fourth-order valence-corrected chi connectivity index (χ4v) is 4.32. The van der Waals surface area contributed by atoms with Gasteiger partial charge in [-0.2, -0.15) is 0 Å². The summed E-state index contributed by atoms with van der Waals surface area (Å²) in [5.41, 5.74) is -0.0763. The van der Waals surface area contributed by atoms with E-state index < -0.39 is 26.0 Å². The summed E-state index contributed by atoms with van der Waals surface area (Å²) in [6.45, 7) is 1.97. The molecule has 0 N–H and O–H groups in total. The molecule has 0 saturated carbocycles. The largest absolute Gasteiger partial charge is 0.398 e. The van der Waals surface area contributed by atoms with Crippen LogP contribution in [0.2, 0.25) is 12.1 Å². The number of hydrogen-bond donors (Lipinski definition) is 0. The Kier molecular flexibility index (Phi) is 6.03. The van der Waals surface area contributed by atoms with Gasteiger partial charge in [-0.1, -0.05) is 6.92 Å². The normalized spacial score (nSPS) is 11.9. The summed E-state index contributed by atoms with van der Waals surface area (Å²) >= 11 is 0. The summed E-state index contributed by atoms with van der Waals surface area (Å²) in [6, 6.07) is 2.83. The topological polar surface area (TPSA) is 18.5 Å². The molecule has 0 aliphatic carbocycles. The highest BCUT2D eigenvalue weighted by atomic mass is 28.4. The zero-order chi connectivity index (χ0) is 14.5. The van der Waals surface area contributed by atoms with Gasteiger partial charge in [0.25, 0.3) is 0 Å². The van der Waals surface area contributed by atoms with Gasteiger partial charge < -0.3 is 8.85 Å². The SMILES string of the molecule is CC[Si](CCCc1c(F)cc(F)cc1F)(OC)OC. The van der Waals surface area contributed by atoms with Crippen LogP contribution < -0.4 is 0 Å². The average Bonchev–Trinajstić information content (AvgIpc) is 2.38. The van der Waals surface area contributed by atoms with Crippen LogP contribution in [0.1, 0.15) is 18.9 Å². The van der Waals surface area contributed by atoms with Gasteiger partial charge in [-0.15, -0.1) is 0 Å². The molecule has 0 saturated heterocycles. The van der Waals surface area contributed by atoms with E-state index in [9.17, 15) is 13.2 Å². The lowest BCUT2D eigenvalue weighted by Crippen LogP contribution is -2.39. The lowest BCUT2D eigenvalue weighted by molar-refractivity contribution is 0.242. The van der Waals surface area contributed by atoms with Crippen molar-refractivity contribution in [2.75, 3.05) is 14.2 Å². The molecule has 0 unspecified atom stereocenters. The van der Waals surface area contributed by atoms with Crippen LogP contribution in [-0.2, 0) is 15.3 Å². The molecule has 6 heteroatoms. The van der Waals surface area contributed by atoms with Gasteiger partial charge in [-0.25, -0.2) is 13.2 Å². The quantitative estimate of drug-likeness (QED) is 0.712. The Labute approximate surface area is 112 Å². The maximum absolute atomic E-state index is 13.4. The predicted molar refractivity (Wildman–Crippen MR) is 69.7 cm³/mol. The number of benzene rings is 1. The van der Waals surface area contributed by atoms with E-state index in [1.807, 2.05) is 6.92 Å². The smallest absolute Gasteiger partial charge is 0.337 e. The highest BCUT2D eigenvalue weighted by Crippen LogP contribution is 2.23. The van der Waals surface area contributed by atoms with Crippen molar-refractivity contribution in [1.29, 1.82) is 0 Å². The minimum atomic E-state index is -2.24. The molecule has 0 radical (unpaired) electrons. The van der Waals surface area contributed by atoms with Crippen molar-refractivity contribution in [1.82, 2.24) is 0 Å². The molecule has 0 spiro atoms. The van der Waals surface area contributed by atoms with Gasteiger partial charge in [0.1, 0.15) is 17.5 Å². The molecule has 1 aromatic rings. The summed E-state index contributed by atoms with van der Waals surface area (Å²) < 4.78 is 50.5. The summed E-state index contributed by atoms with van der Waals surface area (Å²) in [5.74, 6) is -2.57. The van der Waals surface area contributed by atoms with Crippen LogP contribution in [0.25, 0.3) is 0 Å². The Morgan fingerprint density at radius 2 is 1.58 bits per heavy atom. The molecule has 0 fully saturated rings. The Bertz CT molecular complexity index is 391. The third kappa shape index (κ3) is 4.06. The molecular formula is C13H19F3O2Si. The molecule has 0 amide bonds. The number of rotatable bonds is 7. The fraction of sp³-hybridized carbons (Fsp3) is 0.538. The summed E-state index contributed by atoms with van der Waals surface area (Å²) in [4.78, 5) is 0. The molecule has 0 atom stereocenters. The van der Waals surface area contributed by atoms with E-state index in [0.29, 0.717) is 24.6 Å². The second-order valence-corrected chi connectivity index (χ2v) is 8.22. The number of hydrogen-bond acceptors (Lipinski definition) is 2. The summed E-state index contributed by atoms with van der Waals surface area (Å²) in [6.07, 6.45) is 0.751. The van der Waals surface area contributed by atoms with Crippen LogP contribution in [0.4, 0.5) is 13.2 Å². The monoisotopic (exact) mass is 292 g/mol. The highest BCUT2D eigenvalue weighted by molar-refractivity contribution is 6.67. The van der Waals surface area contributed by atoms with Crippen molar-refractivity contribution in [2.45, 2.75) is 31.9 Å². The van der Waals surface area contributed by atoms with Gasteiger partial charge >= 0.3 is 8.56 Å². The lowest BCUT2D eigenvalue weighted by Gasteiger charge is -2.25. The van der Waals surface area contributed by atoms with Gasteiger partial charge in [0.2, 0.25) is 0 Å². The Balaban J connectivity index is 2.68. The van der Waals surface area contributed by atoms with Gasteiger partial charge in [0, 0.05) is 31.9 Å². The second kappa shape index (κ2) is 7.07. The van der Waals surface area contributed by atoms with E-state index in [1.165, 1.54) is 0 Å². The zero-order valence-corrected chi connectivity index (χ0v) is 12.4. The predicted octanol–water partition coefficient (Wildman–Crippen LogP) is 3.79. The molecule has 108 valence electrons. The van der Waals surface area contributed by atoms with E-state index in [0.717, 1.165) is 6.04 Å². The molecule has 0 aliphatic heterocycles. The molecule has 1 rings (SSSR count). The van der Waals surface area contributed by atoms with Crippen LogP contribution in [0.15, 0.2) is 12.1 Å². The van der Waals surface area contributed by atoms with E-state index >= 15 is 0 Å². The van der Waals surface area contributed by atoms with Gasteiger partial charge in [-0.3, -0.25) is 0 Å². The fourth-order valence-electron chi connectivity index (χ4n) is 2.10. The first-order valence-electron chi connectivity index (χ1n) is 6.21. The minimum Gasteiger partial charge on any atom is -0.398 e. The first kappa shape index (κ1) is 16.2.